The Labute approximate surface area is 181 Å². The van der Waals surface area contributed by atoms with Crippen LogP contribution in [0.3, 0.4) is 0 Å². The van der Waals surface area contributed by atoms with E-state index in [1.165, 1.54) is 0 Å². The number of carbonyl (C=O) groups excluding carboxylic acids is 1. The molecule has 6 heteroatoms. The van der Waals surface area contributed by atoms with E-state index >= 15 is 0 Å². The van der Waals surface area contributed by atoms with Crippen LogP contribution in [0.2, 0.25) is 0 Å². The number of hydrogen-bond donors (Lipinski definition) is 2. The Bertz CT molecular complexity index is 1170. The number of hydrogen-bond acceptors (Lipinski definition) is 5. The van der Waals surface area contributed by atoms with Crippen LogP contribution in [0, 0.1) is 0 Å². The zero-order valence-electron chi connectivity index (χ0n) is 17.9. The first kappa shape index (κ1) is 20.9. The number of aliphatic hydroxyl groups excluding tert-OH is 1. The van der Waals surface area contributed by atoms with Crippen molar-refractivity contribution < 1.29 is 19.4 Å². The van der Waals surface area contributed by atoms with Crippen molar-refractivity contribution in [2.45, 2.75) is 25.9 Å². The van der Waals surface area contributed by atoms with Gasteiger partial charge in [0.1, 0.15) is 0 Å². The molecule has 1 atom stereocenters. The number of aliphatic hydroxyl groups is 1. The molecule has 0 aliphatic heterocycles. The van der Waals surface area contributed by atoms with E-state index in [0.717, 1.165) is 46.1 Å². The quantitative estimate of drug-likeness (QED) is 0.636. The lowest BCUT2D eigenvalue weighted by Crippen LogP contribution is -2.31. The van der Waals surface area contributed by atoms with E-state index < -0.39 is 6.10 Å². The maximum atomic E-state index is 13.1. The molecule has 31 heavy (non-hydrogen) atoms. The van der Waals surface area contributed by atoms with Gasteiger partial charge in [0.05, 0.1) is 37.1 Å². The predicted molar refractivity (Wildman–Crippen MR) is 121 cm³/mol. The number of pyridine rings is 1. The van der Waals surface area contributed by atoms with Crippen LogP contribution in [0.1, 0.15) is 40.5 Å². The van der Waals surface area contributed by atoms with Gasteiger partial charge in [0.25, 0.3) is 5.91 Å². The summed E-state index contributed by atoms with van der Waals surface area (Å²) in [6.07, 6.45) is 2.95. The largest absolute Gasteiger partial charge is 0.493 e. The van der Waals surface area contributed by atoms with Gasteiger partial charge in [-0.05, 0) is 49.1 Å². The molecule has 1 aliphatic rings. The van der Waals surface area contributed by atoms with E-state index in [-0.39, 0.29) is 12.5 Å². The first-order valence-electron chi connectivity index (χ1n) is 10.3. The summed E-state index contributed by atoms with van der Waals surface area (Å²) >= 11 is 0. The number of fused-ring (bicyclic) bond motifs is 2. The van der Waals surface area contributed by atoms with Crippen molar-refractivity contribution in [3.63, 3.8) is 0 Å². The maximum absolute atomic E-state index is 13.1. The number of aromatic nitrogens is 1. The maximum Gasteiger partial charge on any atom is 0.252 e. The van der Waals surface area contributed by atoms with Crippen molar-refractivity contribution in [2.24, 2.45) is 0 Å². The van der Waals surface area contributed by atoms with Crippen LogP contribution in [-0.4, -0.2) is 42.9 Å². The van der Waals surface area contributed by atoms with Gasteiger partial charge in [-0.15, -0.1) is 0 Å². The molecule has 0 saturated heterocycles. The molecule has 1 unspecified atom stereocenters. The summed E-state index contributed by atoms with van der Waals surface area (Å²) in [4.78, 5) is 18.0. The van der Waals surface area contributed by atoms with Gasteiger partial charge in [-0.25, -0.2) is 4.98 Å². The number of methoxy groups -OCH3 is 2. The molecule has 0 fully saturated rings. The van der Waals surface area contributed by atoms with Crippen LogP contribution in [-0.2, 0) is 6.42 Å². The third-order valence-corrected chi connectivity index (χ3v) is 5.49. The highest BCUT2D eigenvalue weighted by atomic mass is 16.5. The molecular weight excluding hydrogens is 392 g/mol. The van der Waals surface area contributed by atoms with Crippen molar-refractivity contribution in [1.29, 1.82) is 0 Å². The Morgan fingerprint density at radius 2 is 1.97 bits per heavy atom. The summed E-state index contributed by atoms with van der Waals surface area (Å²) in [5.74, 6) is 1.15. The first-order valence-corrected chi connectivity index (χ1v) is 10.3. The minimum Gasteiger partial charge on any atom is -0.493 e. The van der Waals surface area contributed by atoms with Gasteiger partial charge >= 0.3 is 0 Å². The summed E-state index contributed by atoms with van der Waals surface area (Å²) in [5, 5.41) is 13.3. The number of carbonyl (C=O) groups is 1. The minimum atomic E-state index is -0.610. The van der Waals surface area contributed by atoms with Crippen LogP contribution in [0.5, 0.6) is 11.5 Å². The molecule has 1 aliphatic carbocycles. The zero-order valence-corrected chi connectivity index (χ0v) is 17.9. The fraction of sp³-hybridized carbons (Fsp3) is 0.280. The van der Waals surface area contributed by atoms with E-state index in [4.69, 9.17) is 14.5 Å². The van der Waals surface area contributed by atoms with Gasteiger partial charge < -0.3 is 19.9 Å². The van der Waals surface area contributed by atoms with Gasteiger partial charge in [-0.2, -0.15) is 0 Å². The number of ether oxygens (including phenoxy) is 2. The second-order valence-electron chi connectivity index (χ2n) is 7.64. The SMILES string of the molecule is COc1cccc(/C=C2/CCc3c2nc2ccccc2c3C(=O)NCC(C)O)c1OC. The van der Waals surface area contributed by atoms with Crippen molar-refractivity contribution in [3.05, 3.63) is 64.8 Å². The van der Waals surface area contributed by atoms with E-state index in [1.54, 1.807) is 21.1 Å². The monoisotopic (exact) mass is 418 g/mol. The Morgan fingerprint density at radius 3 is 2.71 bits per heavy atom. The lowest BCUT2D eigenvalue weighted by molar-refractivity contribution is 0.0924. The molecule has 2 aromatic carbocycles. The van der Waals surface area contributed by atoms with Crippen LogP contribution in [0.25, 0.3) is 22.6 Å². The summed E-state index contributed by atoms with van der Waals surface area (Å²) in [6.45, 7) is 1.85. The van der Waals surface area contributed by atoms with Crippen LogP contribution >= 0.6 is 0 Å². The number of nitrogens with zero attached hydrogens (tertiary/aromatic N) is 1. The molecule has 6 nitrogen and oxygen atoms in total. The second-order valence-corrected chi connectivity index (χ2v) is 7.64. The Balaban J connectivity index is 1.85. The molecule has 1 amide bonds. The zero-order chi connectivity index (χ0) is 22.0. The van der Waals surface area contributed by atoms with Gasteiger partial charge in [0.2, 0.25) is 0 Å². The topological polar surface area (TPSA) is 80.7 Å². The Morgan fingerprint density at radius 1 is 1.16 bits per heavy atom. The third kappa shape index (κ3) is 3.99. The highest BCUT2D eigenvalue weighted by molar-refractivity contribution is 6.09. The number of amides is 1. The molecular formula is C25H26N2O4. The molecule has 2 N–H and O–H groups in total. The lowest BCUT2D eigenvalue weighted by Gasteiger charge is -2.14. The molecule has 160 valence electrons. The number of benzene rings is 2. The molecule has 3 aromatic rings. The fourth-order valence-electron chi connectivity index (χ4n) is 4.08. The number of para-hydroxylation sites is 2. The molecule has 0 spiro atoms. The normalized spacial score (nSPS) is 15.0. The molecule has 0 bridgehead atoms. The third-order valence-electron chi connectivity index (χ3n) is 5.49. The van der Waals surface area contributed by atoms with Gasteiger partial charge in [-0.1, -0.05) is 30.3 Å². The van der Waals surface area contributed by atoms with E-state index in [1.807, 2.05) is 42.5 Å². The minimum absolute atomic E-state index is 0.184. The fourth-order valence-corrected chi connectivity index (χ4v) is 4.08. The average molecular weight is 418 g/mol. The van der Waals surface area contributed by atoms with E-state index in [9.17, 15) is 9.90 Å². The number of nitrogens with one attached hydrogen (secondary N) is 1. The van der Waals surface area contributed by atoms with Gasteiger partial charge in [0, 0.05) is 17.5 Å². The standard InChI is InChI=1S/C25H26N2O4/c1-15(28)14-26-25(29)22-18-8-4-5-9-20(18)27-23-16(11-12-19(22)23)13-17-7-6-10-21(30-2)24(17)31-3/h4-10,13,15,28H,11-12,14H2,1-3H3,(H,26,29)/b16-13-. The summed E-state index contributed by atoms with van der Waals surface area (Å²) < 4.78 is 11.0. The van der Waals surface area contributed by atoms with Crippen LogP contribution in [0.15, 0.2) is 42.5 Å². The average Bonchev–Trinajstić information content (AvgIpc) is 3.17. The van der Waals surface area contributed by atoms with Crippen LogP contribution < -0.4 is 14.8 Å². The molecule has 1 aromatic heterocycles. The molecule has 1 heterocycles. The van der Waals surface area contributed by atoms with Crippen molar-refractivity contribution in [3.8, 4) is 11.5 Å². The van der Waals surface area contributed by atoms with Crippen LogP contribution in [0.4, 0.5) is 0 Å². The van der Waals surface area contributed by atoms with Crippen molar-refractivity contribution in [1.82, 2.24) is 10.3 Å². The highest BCUT2D eigenvalue weighted by Crippen LogP contribution is 2.40. The molecule has 0 saturated carbocycles. The number of rotatable bonds is 6. The highest BCUT2D eigenvalue weighted by Gasteiger charge is 2.27. The summed E-state index contributed by atoms with van der Waals surface area (Å²) in [5.41, 5.74) is 5.15. The summed E-state index contributed by atoms with van der Waals surface area (Å²) in [7, 11) is 3.24. The second kappa shape index (κ2) is 8.78. The van der Waals surface area contributed by atoms with Gasteiger partial charge in [0.15, 0.2) is 11.5 Å². The Kier molecular flexibility index (Phi) is 5.91. The Hall–Kier alpha value is -3.38. The van der Waals surface area contributed by atoms with Crippen molar-refractivity contribution in [2.75, 3.05) is 20.8 Å². The molecule has 4 rings (SSSR count). The summed E-state index contributed by atoms with van der Waals surface area (Å²) in [6, 6.07) is 13.4. The van der Waals surface area contributed by atoms with Gasteiger partial charge in [-0.3, -0.25) is 4.79 Å². The van der Waals surface area contributed by atoms with Crippen molar-refractivity contribution >= 4 is 28.5 Å². The smallest absolute Gasteiger partial charge is 0.252 e. The molecule has 0 radical (unpaired) electrons. The number of allylic oxidation sites excluding steroid dienone is 1. The van der Waals surface area contributed by atoms with E-state index in [2.05, 4.69) is 11.4 Å². The first-order chi connectivity index (χ1) is 15.0. The van der Waals surface area contributed by atoms with E-state index in [0.29, 0.717) is 17.1 Å². The lowest BCUT2D eigenvalue weighted by atomic mass is 9.99. The predicted octanol–water partition coefficient (Wildman–Crippen LogP) is 3.85.